The number of carbonyl (C=O) groups is 2. The predicted molar refractivity (Wildman–Crippen MR) is 137 cm³/mol. The van der Waals surface area contributed by atoms with Crippen LogP contribution in [-0.4, -0.2) is 21.4 Å². The van der Waals surface area contributed by atoms with Crippen LogP contribution >= 0.6 is 11.3 Å². The summed E-state index contributed by atoms with van der Waals surface area (Å²) in [5.41, 5.74) is 5.76. The number of fused-ring (bicyclic) bond motifs is 1. The van der Waals surface area contributed by atoms with Gasteiger partial charge in [-0.05, 0) is 75.1 Å². The van der Waals surface area contributed by atoms with Gasteiger partial charge in [-0.1, -0.05) is 23.8 Å². The van der Waals surface area contributed by atoms with Gasteiger partial charge < -0.3 is 10.6 Å². The fourth-order valence-corrected chi connectivity index (χ4v) is 5.06. The molecule has 0 saturated carbocycles. The minimum Gasteiger partial charge on any atom is -0.325 e. The summed E-state index contributed by atoms with van der Waals surface area (Å²) in [4.78, 5) is 44.0. The molecule has 0 spiro atoms. The molecule has 8 heteroatoms. The summed E-state index contributed by atoms with van der Waals surface area (Å²) in [5, 5.41) is 6.12. The summed E-state index contributed by atoms with van der Waals surface area (Å²) in [6.07, 6.45) is 1.35. The first kappa shape index (κ1) is 23.4. The van der Waals surface area contributed by atoms with Crippen molar-refractivity contribution in [3.63, 3.8) is 0 Å². The van der Waals surface area contributed by atoms with Crippen molar-refractivity contribution in [3.05, 3.63) is 85.8 Å². The van der Waals surface area contributed by atoms with Crippen LogP contribution in [0.2, 0.25) is 0 Å². The molecule has 0 radical (unpaired) electrons. The Morgan fingerprint density at radius 2 is 1.65 bits per heavy atom. The second-order valence-electron chi connectivity index (χ2n) is 8.61. The van der Waals surface area contributed by atoms with E-state index in [2.05, 4.69) is 15.6 Å². The highest BCUT2D eigenvalue weighted by Crippen LogP contribution is 2.28. The number of anilines is 2. The van der Waals surface area contributed by atoms with Gasteiger partial charge in [0.1, 0.15) is 11.4 Å². The predicted octanol–water partition coefficient (Wildman–Crippen LogP) is 4.89. The molecule has 34 heavy (non-hydrogen) atoms. The first-order chi connectivity index (χ1) is 16.1. The molecule has 0 aliphatic carbocycles. The van der Waals surface area contributed by atoms with Gasteiger partial charge in [0, 0.05) is 11.4 Å². The molecule has 0 unspecified atom stereocenters. The van der Waals surface area contributed by atoms with Crippen LogP contribution in [0.1, 0.15) is 37.5 Å². The van der Waals surface area contributed by atoms with Crippen molar-refractivity contribution in [2.24, 2.45) is 0 Å². The fraction of sp³-hybridized carbons (Fsp3) is 0.231. The van der Waals surface area contributed by atoms with Gasteiger partial charge in [-0.15, -0.1) is 11.3 Å². The number of aromatic nitrogens is 2. The molecule has 4 aromatic rings. The summed E-state index contributed by atoms with van der Waals surface area (Å²) in [7, 11) is 0. The number of carbonyl (C=O) groups excluding carboxylic acids is 2. The third-order valence-corrected chi connectivity index (χ3v) is 6.77. The molecule has 0 fully saturated rings. The maximum Gasteiger partial charge on any atom is 0.266 e. The first-order valence-corrected chi connectivity index (χ1v) is 11.7. The van der Waals surface area contributed by atoms with Gasteiger partial charge in [-0.2, -0.15) is 0 Å². The van der Waals surface area contributed by atoms with Crippen LogP contribution in [0, 0.1) is 34.6 Å². The van der Waals surface area contributed by atoms with Gasteiger partial charge in [0.15, 0.2) is 0 Å². The number of nitrogens with zero attached hydrogens (tertiary/aromatic N) is 2. The maximum absolute atomic E-state index is 13.1. The molecule has 2 aromatic heterocycles. The largest absolute Gasteiger partial charge is 0.325 e. The molecule has 7 nitrogen and oxygen atoms in total. The quantitative estimate of drug-likeness (QED) is 0.431. The molecule has 0 saturated heterocycles. The second kappa shape index (κ2) is 9.23. The lowest BCUT2D eigenvalue weighted by Gasteiger charge is -2.09. The summed E-state index contributed by atoms with van der Waals surface area (Å²) in [5.74, 6) is -0.611. The molecule has 2 N–H and O–H groups in total. The number of nitrogens with one attached hydrogen (secondary N) is 2. The van der Waals surface area contributed by atoms with Crippen molar-refractivity contribution in [2.45, 2.75) is 41.2 Å². The third-order valence-electron chi connectivity index (χ3n) is 5.57. The van der Waals surface area contributed by atoms with E-state index in [9.17, 15) is 14.4 Å². The Kier molecular flexibility index (Phi) is 6.34. The van der Waals surface area contributed by atoms with Crippen LogP contribution in [0.4, 0.5) is 11.4 Å². The Hall–Kier alpha value is -3.78. The minimum atomic E-state index is -0.347. The smallest absolute Gasteiger partial charge is 0.266 e. The van der Waals surface area contributed by atoms with Gasteiger partial charge in [-0.3, -0.25) is 19.0 Å². The van der Waals surface area contributed by atoms with E-state index >= 15 is 0 Å². The standard InChI is InChI=1S/C26H26N4O3S/c1-14-6-7-20(17(4)9-14)29-24(32)23-18(5)22-25(34-23)27-13-30(26(22)33)12-21(31)28-19-10-15(2)8-16(3)11-19/h6-11,13H,12H2,1-5H3,(H,28,31)(H,29,32). The monoisotopic (exact) mass is 474 g/mol. The highest BCUT2D eigenvalue weighted by atomic mass is 32.1. The Labute approximate surface area is 201 Å². The lowest BCUT2D eigenvalue weighted by Crippen LogP contribution is -2.28. The molecule has 0 bridgehead atoms. The Balaban J connectivity index is 1.58. The molecule has 2 aromatic carbocycles. The van der Waals surface area contributed by atoms with Crippen LogP contribution in [0.5, 0.6) is 0 Å². The molecule has 2 amide bonds. The minimum absolute atomic E-state index is 0.172. The zero-order chi connectivity index (χ0) is 24.6. The number of benzene rings is 2. The van der Waals surface area contributed by atoms with Crippen LogP contribution < -0.4 is 16.2 Å². The number of aryl methyl sites for hydroxylation is 5. The Bertz CT molecular complexity index is 1480. The molecule has 0 atom stereocenters. The molecule has 0 aliphatic rings. The van der Waals surface area contributed by atoms with Crippen molar-refractivity contribution in [2.75, 3.05) is 10.6 Å². The van der Waals surface area contributed by atoms with E-state index in [-0.39, 0.29) is 23.9 Å². The number of amides is 2. The molecule has 2 heterocycles. The number of hydrogen-bond donors (Lipinski definition) is 2. The van der Waals surface area contributed by atoms with Crippen molar-refractivity contribution < 1.29 is 9.59 Å². The topological polar surface area (TPSA) is 93.1 Å². The lowest BCUT2D eigenvalue weighted by atomic mass is 10.1. The van der Waals surface area contributed by atoms with Gasteiger partial charge in [0.2, 0.25) is 5.91 Å². The van der Waals surface area contributed by atoms with Crippen molar-refractivity contribution in [1.29, 1.82) is 0 Å². The molecule has 4 rings (SSSR count). The summed E-state index contributed by atoms with van der Waals surface area (Å²) in [6.45, 7) is 9.40. The first-order valence-electron chi connectivity index (χ1n) is 10.9. The zero-order valence-corrected chi connectivity index (χ0v) is 20.6. The van der Waals surface area contributed by atoms with E-state index in [0.29, 0.717) is 26.3 Å². The summed E-state index contributed by atoms with van der Waals surface area (Å²) in [6, 6.07) is 11.6. The van der Waals surface area contributed by atoms with E-state index in [0.717, 1.165) is 27.9 Å². The Morgan fingerprint density at radius 3 is 2.32 bits per heavy atom. The molecular formula is C26H26N4O3S. The van der Waals surface area contributed by atoms with Gasteiger partial charge in [0.25, 0.3) is 11.5 Å². The number of hydrogen-bond acceptors (Lipinski definition) is 5. The number of thiophene rings is 1. The molecule has 174 valence electrons. The highest BCUT2D eigenvalue weighted by Gasteiger charge is 2.20. The fourth-order valence-electron chi connectivity index (χ4n) is 4.02. The van der Waals surface area contributed by atoms with Crippen molar-refractivity contribution >= 4 is 44.7 Å². The van der Waals surface area contributed by atoms with Gasteiger partial charge in [-0.25, -0.2) is 4.98 Å². The third kappa shape index (κ3) is 4.77. The van der Waals surface area contributed by atoms with Crippen LogP contribution in [0.3, 0.4) is 0 Å². The SMILES string of the molecule is Cc1cc(C)cc(NC(=O)Cn2cnc3sc(C(=O)Nc4ccc(C)cc4C)c(C)c3c2=O)c1. The van der Waals surface area contributed by atoms with E-state index in [1.54, 1.807) is 6.92 Å². The maximum atomic E-state index is 13.1. The summed E-state index contributed by atoms with van der Waals surface area (Å²) >= 11 is 1.17. The normalized spacial score (nSPS) is 11.0. The van der Waals surface area contributed by atoms with Crippen LogP contribution in [-0.2, 0) is 11.3 Å². The van der Waals surface area contributed by atoms with Gasteiger partial charge >= 0.3 is 0 Å². The second-order valence-corrected chi connectivity index (χ2v) is 9.61. The van der Waals surface area contributed by atoms with Crippen molar-refractivity contribution in [1.82, 2.24) is 9.55 Å². The summed E-state index contributed by atoms with van der Waals surface area (Å²) < 4.78 is 1.27. The molecular weight excluding hydrogens is 448 g/mol. The number of rotatable bonds is 5. The van der Waals surface area contributed by atoms with E-state index < -0.39 is 0 Å². The average Bonchev–Trinajstić information content (AvgIpc) is 3.08. The van der Waals surface area contributed by atoms with E-state index in [4.69, 9.17) is 0 Å². The van der Waals surface area contributed by atoms with Crippen molar-refractivity contribution in [3.8, 4) is 0 Å². The van der Waals surface area contributed by atoms with Crippen LogP contribution in [0.25, 0.3) is 10.2 Å². The van der Waals surface area contributed by atoms with Gasteiger partial charge in [0.05, 0.1) is 16.6 Å². The lowest BCUT2D eigenvalue weighted by molar-refractivity contribution is -0.116. The average molecular weight is 475 g/mol. The van der Waals surface area contributed by atoms with E-state index in [1.165, 1.54) is 22.2 Å². The van der Waals surface area contributed by atoms with Crippen LogP contribution in [0.15, 0.2) is 47.5 Å². The zero-order valence-electron chi connectivity index (χ0n) is 19.8. The highest BCUT2D eigenvalue weighted by molar-refractivity contribution is 7.20. The Morgan fingerprint density at radius 1 is 0.941 bits per heavy atom. The van der Waals surface area contributed by atoms with E-state index in [1.807, 2.05) is 64.1 Å². The molecule has 0 aliphatic heterocycles.